The molecule has 0 bridgehead atoms. The van der Waals surface area contributed by atoms with E-state index in [9.17, 15) is 14.4 Å². The summed E-state index contributed by atoms with van der Waals surface area (Å²) in [6.45, 7) is -0.406. The number of hydrogen-bond acceptors (Lipinski definition) is 5. The highest BCUT2D eigenvalue weighted by atomic mass is 16.4. The van der Waals surface area contributed by atoms with E-state index in [0.717, 1.165) is 0 Å². The third-order valence-corrected chi connectivity index (χ3v) is 1.47. The quantitative estimate of drug-likeness (QED) is 0.308. The van der Waals surface area contributed by atoms with Gasteiger partial charge in [0, 0.05) is 6.42 Å². The number of carbonyl (C=O) groups excluding carboxylic acids is 1. The lowest BCUT2D eigenvalue weighted by Gasteiger charge is -2.07. The summed E-state index contributed by atoms with van der Waals surface area (Å²) in [6, 6.07) is -1.09. The molecule has 1 unspecified atom stereocenters. The molecule has 0 rings (SSSR count). The summed E-state index contributed by atoms with van der Waals surface area (Å²) in [7, 11) is 0. The van der Waals surface area contributed by atoms with Crippen molar-refractivity contribution in [3.8, 4) is 0 Å². The first kappa shape index (κ1) is 13.3. The molecule has 0 spiro atoms. The van der Waals surface area contributed by atoms with Crippen molar-refractivity contribution in [3.63, 3.8) is 0 Å². The average Bonchev–Trinajstić information content (AvgIpc) is 2.13. The number of aliphatic carboxylic acids is 2. The summed E-state index contributed by atoms with van der Waals surface area (Å²) < 4.78 is 0. The summed E-state index contributed by atoms with van der Waals surface area (Å²) in [6.07, 6.45) is -0.0873. The van der Waals surface area contributed by atoms with Crippen LogP contribution < -0.4 is 16.6 Å². The molecule has 0 saturated carbocycles. The minimum Gasteiger partial charge on any atom is -0.480 e. The average molecular weight is 219 g/mol. The largest absolute Gasteiger partial charge is 0.480 e. The van der Waals surface area contributed by atoms with Gasteiger partial charge in [0.15, 0.2) is 0 Å². The molecule has 0 saturated heterocycles. The number of carboxylic acid groups (broad SMARTS) is 2. The Morgan fingerprint density at radius 1 is 1.27 bits per heavy atom. The van der Waals surface area contributed by atoms with E-state index in [1.54, 1.807) is 0 Å². The fourth-order valence-electron chi connectivity index (χ4n) is 0.691. The van der Waals surface area contributed by atoms with Crippen molar-refractivity contribution in [2.24, 2.45) is 5.73 Å². The van der Waals surface area contributed by atoms with Crippen LogP contribution in [0.3, 0.4) is 0 Å². The maximum absolute atomic E-state index is 10.9. The summed E-state index contributed by atoms with van der Waals surface area (Å²) in [5.41, 5.74) is 9.39. The van der Waals surface area contributed by atoms with E-state index < -0.39 is 30.4 Å². The number of rotatable bonds is 7. The number of carboxylic acids is 2. The second-order valence-corrected chi connectivity index (χ2v) is 2.78. The van der Waals surface area contributed by atoms with Crippen LogP contribution in [0.1, 0.15) is 12.8 Å². The van der Waals surface area contributed by atoms with Gasteiger partial charge in [0.25, 0.3) is 0 Å². The monoisotopic (exact) mass is 219 g/mol. The van der Waals surface area contributed by atoms with Crippen molar-refractivity contribution < 1.29 is 24.6 Å². The minimum atomic E-state index is -1.18. The number of carbonyl (C=O) groups is 3. The highest BCUT2D eigenvalue weighted by Gasteiger charge is 2.13. The maximum Gasteiger partial charge on any atom is 0.320 e. The molecule has 0 fully saturated rings. The lowest BCUT2D eigenvalue weighted by atomic mass is 10.2. The zero-order valence-corrected chi connectivity index (χ0v) is 7.90. The Bertz CT molecular complexity index is 255. The SMILES string of the molecule is NC(CCC(=O)NNCC(=O)O)C(=O)O. The predicted octanol–water partition coefficient (Wildman–Crippen LogP) is -2.12. The van der Waals surface area contributed by atoms with Gasteiger partial charge in [-0.2, -0.15) is 0 Å². The molecule has 6 N–H and O–H groups in total. The Morgan fingerprint density at radius 3 is 2.33 bits per heavy atom. The standard InChI is InChI=1S/C7H13N3O5/c8-4(7(14)15)1-2-5(11)10-9-3-6(12)13/h4,9H,1-3,8H2,(H,10,11)(H,12,13)(H,14,15). The van der Waals surface area contributed by atoms with Crippen molar-refractivity contribution in [1.82, 2.24) is 10.9 Å². The van der Waals surface area contributed by atoms with E-state index in [4.69, 9.17) is 15.9 Å². The van der Waals surface area contributed by atoms with Crippen molar-refractivity contribution in [1.29, 1.82) is 0 Å². The van der Waals surface area contributed by atoms with E-state index in [-0.39, 0.29) is 12.8 Å². The van der Waals surface area contributed by atoms with Crippen LogP contribution in [0.15, 0.2) is 0 Å². The first-order chi connectivity index (χ1) is 6.93. The summed E-state index contributed by atoms with van der Waals surface area (Å²) in [5.74, 6) is -2.80. The molecule has 0 aliphatic heterocycles. The van der Waals surface area contributed by atoms with Crippen LogP contribution in [-0.4, -0.2) is 40.6 Å². The number of amides is 1. The molecule has 0 aromatic heterocycles. The molecular weight excluding hydrogens is 206 g/mol. The number of nitrogens with two attached hydrogens (primary N) is 1. The molecule has 8 heteroatoms. The fraction of sp³-hybridized carbons (Fsp3) is 0.571. The number of hydrogen-bond donors (Lipinski definition) is 5. The van der Waals surface area contributed by atoms with E-state index in [2.05, 4.69) is 10.9 Å². The van der Waals surface area contributed by atoms with Crippen LogP contribution in [0.4, 0.5) is 0 Å². The molecule has 86 valence electrons. The molecule has 1 atom stereocenters. The summed E-state index contributed by atoms with van der Waals surface area (Å²) >= 11 is 0. The molecule has 0 aliphatic carbocycles. The normalized spacial score (nSPS) is 11.8. The number of hydrazine groups is 1. The van der Waals surface area contributed by atoms with Crippen LogP contribution in [0.5, 0.6) is 0 Å². The van der Waals surface area contributed by atoms with Gasteiger partial charge in [-0.25, -0.2) is 5.43 Å². The summed E-state index contributed by atoms with van der Waals surface area (Å²) in [4.78, 5) is 31.2. The Kier molecular flexibility index (Phi) is 5.99. The van der Waals surface area contributed by atoms with Gasteiger partial charge in [0.05, 0.1) is 0 Å². The fourth-order valence-corrected chi connectivity index (χ4v) is 0.691. The molecule has 0 aliphatic rings. The van der Waals surface area contributed by atoms with Crippen LogP contribution >= 0.6 is 0 Å². The summed E-state index contributed by atoms with van der Waals surface area (Å²) in [5, 5.41) is 16.6. The maximum atomic E-state index is 10.9. The lowest BCUT2D eigenvalue weighted by molar-refractivity contribution is -0.139. The van der Waals surface area contributed by atoms with Crippen molar-refractivity contribution >= 4 is 17.8 Å². The van der Waals surface area contributed by atoms with Crippen molar-refractivity contribution in [2.75, 3.05) is 6.54 Å². The Hall–Kier alpha value is -1.67. The molecule has 0 aromatic rings. The van der Waals surface area contributed by atoms with Gasteiger partial charge >= 0.3 is 11.9 Å². The van der Waals surface area contributed by atoms with Gasteiger partial charge in [0.1, 0.15) is 12.6 Å². The van der Waals surface area contributed by atoms with E-state index in [1.165, 1.54) is 0 Å². The van der Waals surface area contributed by atoms with E-state index in [0.29, 0.717) is 0 Å². The third-order valence-electron chi connectivity index (χ3n) is 1.47. The second-order valence-electron chi connectivity index (χ2n) is 2.78. The van der Waals surface area contributed by atoms with Crippen molar-refractivity contribution in [2.45, 2.75) is 18.9 Å². The van der Waals surface area contributed by atoms with Gasteiger partial charge in [-0.1, -0.05) is 0 Å². The third kappa shape index (κ3) is 7.40. The molecule has 0 aromatic carbocycles. The van der Waals surface area contributed by atoms with Gasteiger partial charge in [-0.05, 0) is 6.42 Å². The first-order valence-corrected chi connectivity index (χ1v) is 4.15. The molecule has 0 radical (unpaired) electrons. The zero-order valence-electron chi connectivity index (χ0n) is 7.90. The predicted molar refractivity (Wildman–Crippen MR) is 48.6 cm³/mol. The van der Waals surface area contributed by atoms with Crippen LogP contribution in [0.25, 0.3) is 0 Å². The molecule has 15 heavy (non-hydrogen) atoms. The molecular formula is C7H13N3O5. The second kappa shape index (κ2) is 6.74. The highest BCUT2D eigenvalue weighted by molar-refractivity contribution is 5.78. The van der Waals surface area contributed by atoms with E-state index in [1.807, 2.05) is 0 Å². The van der Waals surface area contributed by atoms with Crippen LogP contribution in [0.2, 0.25) is 0 Å². The lowest BCUT2D eigenvalue weighted by Crippen LogP contribution is -2.41. The van der Waals surface area contributed by atoms with Gasteiger partial charge in [-0.15, -0.1) is 0 Å². The van der Waals surface area contributed by atoms with E-state index >= 15 is 0 Å². The molecule has 8 nitrogen and oxygen atoms in total. The molecule has 1 amide bonds. The highest BCUT2D eigenvalue weighted by Crippen LogP contribution is 1.93. The van der Waals surface area contributed by atoms with Gasteiger partial charge in [-0.3, -0.25) is 19.8 Å². The minimum absolute atomic E-state index is 0.00405. The van der Waals surface area contributed by atoms with Gasteiger partial charge in [0.2, 0.25) is 5.91 Å². The van der Waals surface area contributed by atoms with Gasteiger partial charge < -0.3 is 15.9 Å². The Labute approximate surface area is 85.4 Å². The topological polar surface area (TPSA) is 142 Å². The smallest absolute Gasteiger partial charge is 0.320 e. The molecule has 0 heterocycles. The Balaban J connectivity index is 3.57. The Morgan fingerprint density at radius 2 is 1.87 bits per heavy atom. The number of nitrogens with one attached hydrogen (secondary N) is 2. The van der Waals surface area contributed by atoms with Crippen LogP contribution in [0, 0.1) is 0 Å². The van der Waals surface area contributed by atoms with Crippen molar-refractivity contribution in [3.05, 3.63) is 0 Å². The van der Waals surface area contributed by atoms with Crippen LogP contribution in [-0.2, 0) is 14.4 Å². The first-order valence-electron chi connectivity index (χ1n) is 4.15. The zero-order chi connectivity index (χ0) is 11.8.